The lowest BCUT2D eigenvalue weighted by Crippen LogP contribution is -2.29. The average Bonchev–Trinajstić information content (AvgIpc) is 2.46. The van der Waals surface area contributed by atoms with Crippen LogP contribution < -0.4 is 0 Å². The maximum Gasteiger partial charge on any atom is 0.436 e. The van der Waals surface area contributed by atoms with Gasteiger partial charge in [0, 0.05) is 14.1 Å². The zero-order chi connectivity index (χ0) is 12.7. The molecule has 0 aromatic carbocycles. The fourth-order valence-corrected chi connectivity index (χ4v) is 2.20. The molecule has 0 unspecified atom stereocenters. The molecule has 1 aromatic rings. The van der Waals surface area contributed by atoms with Gasteiger partial charge in [0.1, 0.15) is 0 Å². The highest BCUT2D eigenvalue weighted by molar-refractivity contribution is 9.10. The molecule has 0 amide bonds. The molecule has 1 rings (SSSR count). The molecule has 0 bridgehead atoms. The second kappa shape index (κ2) is 4.00. The normalized spacial score (nSPS) is 13.4. The zero-order valence-electron chi connectivity index (χ0n) is 8.16. The lowest BCUT2D eigenvalue weighted by atomic mass is 10.4. The van der Waals surface area contributed by atoms with Crippen molar-refractivity contribution in [1.29, 1.82) is 0 Å². The van der Waals surface area contributed by atoms with E-state index in [1.54, 1.807) is 0 Å². The van der Waals surface area contributed by atoms with E-state index >= 15 is 0 Å². The summed E-state index contributed by atoms with van der Waals surface area (Å²) in [7, 11) is -1.64. The van der Waals surface area contributed by atoms with Gasteiger partial charge >= 0.3 is 16.4 Å². The molecule has 0 spiro atoms. The summed E-state index contributed by atoms with van der Waals surface area (Å²) >= 11 is 2.61. The molecule has 0 N–H and O–H groups in total. The van der Waals surface area contributed by atoms with Crippen LogP contribution >= 0.6 is 15.9 Å². The minimum absolute atomic E-state index is 0.264. The Morgan fingerprint density at radius 1 is 1.44 bits per heavy atom. The molecule has 0 saturated heterocycles. The maximum absolute atomic E-state index is 12.3. The summed E-state index contributed by atoms with van der Waals surface area (Å²) in [5.74, 6) is 0. The number of alkyl halides is 3. The summed E-state index contributed by atoms with van der Waals surface area (Å²) < 4.78 is 60.5. The molecule has 0 saturated carbocycles. The second-order valence-electron chi connectivity index (χ2n) is 2.99. The van der Waals surface area contributed by atoms with E-state index in [4.69, 9.17) is 0 Å². The van der Waals surface area contributed by atoms with Crippen molar-refractivity contribution in [2.24, 2.45) is 0 Å². The van der Waals surface area contributed by atoms with Crippen LogP contribution in [0.1, 0.15) is 5.69 Å². The Labute approximate surface area is 98.2 Å². The van der Waals surface area contributed by atoms with E-state index in [1.807, 2.05) is 0 Å². The van der Waals surface area contributed by atoms with Gasteiger partial charge in [-0.25, -0.2) is 0 Å². The molecule has 0 aliphatic carbocycles. The predicted octanol–water partition coefficient (Wildman–Crippen LogP) is 1.32. The molecule has 5 nitrogen and oxygen atoms in total. The molecule has 0 aliphatic rings. The van der Waals surface area contributed by atoms with E-state index < -0.39 is 26.6 Å². The molecule has 92 valence electrons. The smallest absolute Gasteiger partial charge is 0.189 e. The molecule has 0 aliphatic heterocycles. The Morgan fingerprint density at radius 2 is 1.94 bits per heavy atom. The highest BCUT2D eigenvalue weighted by atomic mass is 79.9. The molecular formula is C6H7BrF3N3O2S. The molecule has 1 aromatic heterocycles. The van der Waals surface area contributed by atoms with Crippen LogP contribution in [-0.2, 0) is 16.4 Å². The van der Waals surface area contributed by atoms with E-state index in [1.165, 1.54) is 14.1 Å². The van der Waals surface area contributed by atoms with Crippen molar-refractivity contribution >= 4 is 26.1 Å². The number of nitrogens with zero attached hydrogens (tertiary/aromatic N) is 3. The van der Waals surface area contributed by atoms with Gasteiger partial charge in [0.15, 0.2) is 5.69 Å². The van der Waals surface area contributed by atoms with E-state index in [2.05, 4.69) is 21.0 Å². The van der Waals surface area contributed by atoms with Crippen molar-refractivity contribution in [3.63, 3.8) is 0 Å². The van der Waals surface area contributed by atoms with Gasteiger partial charge in [0.25, 0.3) is 0 Å². The van der Waals surface area contributed by atoms with Gasteiger partial charge in [-0.15, -0.1) is 0 Å². The van der Waals surface area contributed by atoms with Crippen LogP contribution in [0, 0.1) is 0 Å². The minimum atomic E-state index is -4.70. The van der Waals surface area contributed by atoms with Crippen LogP contribution in [0.15, 0.2) is 10.7 Å². The third-order valence-corrected chi connectivity index (χ3v) is 3.78. The van der Waals surface area contributed by atoms with E-state index in [0.29, 0.717) is 0 Å². The van der Waals surface area contributed by atoms with Gasteiger partial charge in [0.2, 0.25) is 0 Å². The van der Waals surface area contributed by atoms with Gasteiger partial charge in [-0.2, -0.15) is 35.1 Å². The summed E-state index contributed by atoms with van der Waals surface area (Å²) in [4.78, 5) is 0. The van der Waals surface area contributed by atoms with E-state index in [-0.39, 0.29) is 4.09 Å². The Hall–Kier alpha value is -0.610. The Bertz CT molecular complexity index is 494. The first-order chi connectivity index (χ1) is 7.06. The maximum atomic E-state index is 12.3. The lowest BCUT2D eigenvalue weighted by molar-refractivity contribution is -0.141. The molecule has 1 heterocycles. The van der Waals surface area contributed by atoms with Gasteiger partial charge in [-0.05, 0) is 15.9 Å². The van der Waals surface area contributed by atoms with Gasteiger partial charge in [0.05, 0.1) is 10.7 Å². The number of aromatic nitrogens is 2. The van der Waals surface area contributed by atoms with Crippen LogP contribution in [0.2, 0.25) is 0 Å². The van der Waals surface area contributed by atoms with Crippen molar-refractivity contribution < 1.29 is 21.6 Å². The predicted molar refractivity (Wildman–Crippen MR) is 52.9 cm³/mol. The average molecular weight is 322 g/mol. The lowest BCUT2D eigenvalue weighted by Gasteiger charge is -2.10. The number of halogens is 4. The number of rotatable bonds is 2. The number of hydrogen-bond acceptors (Lipinski definition) is 3. The first kappa shape index (κ1) is 13.5. The number of hydrogen-bond donors (Lipinski definition) is 0. The quantitative estimate of drug-likeness (QED) is 0.825. The van der Waals surface area contributed by atoms with Gasteiger partial charge in [-0.1, -0.05) is 0 Å². The third-order valence-electron chi connectivity index (χ3n) is 1.61. The SMILES string of the molecule is CN(C)S(=O)(=O)n1cc(Br)c(C(F)(F)F)n1. The molecular weight excluding hydrogens is 315 g/mol. The fourth-order valence-electron chi connectivity index (χ4n) is 0.811. The van der Waals surface area contributed by atoms with Crippen LogP contribution in [0.4, 0.5) is 13.2 Å². The van der Waals surface area contributed by atoms with Crippen LogP contribution in [0.3, 0.4) is 0 Å². The Balaban J connectivity index is 3.33. The monoisotopic (exact) mass is 321 g/mol. The van der Waals surface area contributed by atoms with Crippen LogP contribution in [0.5, 0.6) is 0 Å². The van der Waals surface area contributed by atoms with Crippen LogP contribution in [-0.4, -0.2) is 36.0 Å². The van der Waals surface area contributed by atoms with Crippen molar-refractivity contribution in [2.75, 3.05) is 14.1 Å². The Kier molecular flexibility index (Phi) is 3.37. The van der Waals surface area contributed by atoms with Crippen LogP contribution in [0.25, 0.3) is 0 Å². The van der Waals surface area contributed by atoms with Crippen molar-refractivity contribution in [3.05, 3.63) is 16.4 Å². The highest BCUT2D eigenvalue weighted by Crippen LogP contribution is 2.33. The zero-order valence-corrected chi connectivity index (χ0v) is 10.6. The first-order valence-corrected chi connectivity index (χ1v) is 6.01. The minimum Gasteiger partial charge on any atom is -0.189 e. The van der Waals surface area contributed by atoms with Gasteiger partial charge < -0.3 is 0 Å². The highest BCUT2D eigenvalue weighted by Gasteiger charge is 2.38. The third kappa shape index (κ3) is 2.38. The molecule has 0 atom stereocenters. The topological polar surface area (TPSA) is 55.2 Å². The summed E-state index contributed by atoms with van der Waals surface area (Å²) in [5, 5.41) is 2.99. The molecule has 10 heteroatoms. The van der Waals surface area contributed by atoms with E-state index in [9.17, 15) is 21.6 Å². The standard InChI is InChI=1S/C6H7BrF3N3O2S/c1-12(2)16(14,15)13-3-4(7)5(11-13)6(8,9)10/h3H,1-2H3. The largest absolute Gasteiger partial charge is 0.436 e. The molecule has 0 fully saturated rings. The molecule has 16 heavy (non-hydrogen) atoms. The van der Waals surface area contributed by atoms with Crippen molar-refractivity contribution in [2.45, 2.75) is 6.18 Å². The fraction of sp³-hybridized carbons (Fsp3) is 0.500. The molecule has 0 radical (unpaired) electrons. The summed E-state index contributed by atoms with van der Waals surface area (Å²) in [6.07, 6.45) is -3.95. The first-order valence-electron chi connectivity index (χ1n) is 3.82. The van der Waals surface area contributed by atoms with Crippen molar-refractivity contribution in [1.82, 2.24) is 13.5 Å². The van der Waals surface area contributed by atoms with Gasteiger partial charge in [-0.3, -0.25) is 0 Å². The summed E-state index contributed by atoms with van der Waals surface area (Å²) in [6.45, 7) is 0. The summed E-state index contributed by atoms with van der Waals surface area (Å²) in [6, 6.07) is 0. The summed E-state index contributed by atoms with van der Waals surface area (Å²) in [5.41, 5.74) is -1.28. The van der Waals surface area contributed by atoms with Crippen molar-refractivity contribution in [3.8, 4) is 0 Å². The Morgan fingerprint density at radius 3 is 2.25 bits per heavy atom. The van der Waals surface area contributed by atoms with E-state index in [0.717, 1.165) is 10.5 Å². The second-order valence-corrected chi connectivity index (χ2v) is 5.84.